The molecule has 122 valence electrons. The third-order valence-corrected chi connectivity index (χ3v) is 4.23. The van der Waals surface area contributed by atoms with Crippen molar-refractivity contribution in [3.63, 3.8) is 0 Å². The molecular weight excluding hydrogens is 310 g/mol. The van der Waals surface area contributed by atoms with Crippen molar-refractivity contribution in [2.24, 2.45) is 0 Å². The van der Waals surface area contributed by atoms with Gasteiger partial charge in [-0.3, -0.25) is 4.98 Å². The molecule has 2 aromatic heterocycles. The highest BCUT2D eigenvalue weighted by molar-refractivity contribution is 7.80. The summed E-state index contributed by atoms with van der Waals surface area (Å²) in [5.74, 6) is 0.866. The molecule has 0 aliphatic carbocycles. The summed E-state index contributed by atoms with van der Waals surface area (Å²) < 4.78 is 11.1. The van der Waals surface area contributed by atoms with Crippen LogP contribution in [-0.4, -0.2) is 34.3 Å². The number of hydrogen-bond acceptors (Lipinski definition) is 4. The Balaban J connectivity index is 1.61. The average Bonchev–Trinajstić information content (AvgIpc) is 3.26. The molecule has 1 atom stereocenters. The normalized spacial score (nSPS) is 17.1. The Hall–Kier alpha value is -1.92. The maximum absolute atomic E-state index is 5.76. The number of nitrogens with one attached hydrogen (secondary N) is 1. The molecule has 5 nitrogen and oxygen atoms in total. The van der Waals surface area contributed by atoms with Crippen molar-refractivity contribution in [2.45, 2.75) is 32.0 Å². The van der Waals surface area contributed by atoms with Gasteiger partial charge in [-0.15, -0.1) is 0 Å². The van der Waals surface area contributed by atoms with Crippen molar-refractivity contribution in [3.05, 3.63) is 54.2 Å². The molecule has 0 spiro atoms. The molecule has 3 heterocycles. The Kier molecular flexibility index (Phi) is 5.60. The van der Waals surface area contributed by atoms with Crippen molar-refractivity contribution < 1.29 is 9.15 Å². The molecule has 1 saturated heterocycles. The number of furan rings is 1. The Morgan fingerprint density at radius 1 is 1.39 bits per heavy atom. The van der Waals surface area contributed by atoms with E-state index in [1.807, 2.05) is 24.4 Å². The molecule has 1 N–H and O–H groups in total. The van der Waals surface area contributed by atoms with Crippen LogP contribution >= 0.6 is 12.2 Å². The lowest BCUT2D eigenvalue weighted by atomic mass is 10.2. The van der Waals surface area contributed by atoms with Gasteiger partial charge < -0.3 is 19.4 Å². The molecule has 6 heteroatoms. The average molecular weight is 331 g/mol. The highest BCUT2D eigenvalue weighted by Crippen LogP contribution is 2.15. The number of rotatable bonds is 6. The predicted molar refractivity (Wildman–Crippen MR) is 91.8 cm³/mol. The molecule has 1 aliphatic heterocycles. The fraction of sp³-hybridized carbons (Fsp3) is 0.412. The van der Waals surface area contributed by atoms with Gasteiger partial charge in [-0.1, -0.05) is 6.07 Å². The number of pyridine rings is 1. The van der Waals surface area contributed by atoms with E-state index in [4.69, 9.17) is 21.4 Å². The topological polar surface area (TPSA) is 50.5 Å². The quantitative estimate of drug-likeness (QED) is 0.822. The zero-order chi connectivity index (χ0) is 15.9. The van der Waals surface area contributed by atoms with Crippen LogP contribution in [0.15, 0.2) is 47.3 Å². The van der Waals surface area contributed by atoms with Crippen LogP contribution in [0.25, 0.3) is 0 Å². The summed E-state index contributed by atoms with van der Waals surface area (Å²) >= 11 is 5.58. The van der Waals surface area contributed by atoms with Gasteiger partial charge in [-0.2, -0.15) is 0 Å². The van der Waals surface area contributed by atoms with Gasteiger partial charge in [0.15, 0.2) is 5.11 Å². The summed E-state index contributed by atoms with van der Waals surface area (Å²) in [6, 6.07) is 7.81. The first-order valence-corrected chi connectivity index (χ1v) is 8.28. The second kappa shape index (κ2) is 8.08. The standard InChI is InChI=1S/C17H21N3O2S/c23-17(19-11-15-5-2-8-21-15)20(13-16-6-3-9-22-16)12-14-4-1-7-18-10-14/h1-2,4-5,7-8,10,16H,3,6,9,11-13H2,(H,19,23). The van der Waals surface area contributed by atoms with E-state index in [9.17, 15) is 0 Å². The first-order chi connectivity index (χ1) is 11.3. The summed E-state index contributed by atoms with van der Waals surface area (Å²) in [7, 11) is 0. The lowest BCUT2D eigenvalue weighted by molar-refractivity contribution is 0.0897. The Bertz CT molecular complexity index is 598. The van der Waals surface area contributed by atoms with Crippen molar-refractivity contribution in [1.29, 1.82) is 0 Å². The molecule has 1 unspecified atom stereocenters. The lowest BCUT2D eigenvalue weighted by Gasteiger charge is -2.28. The van der Waals surface area contributed by atoms with Crippen molar-refractivity contribution in [1.82, 2.24) is 15.2 Å². The predicted octanol–water partition coefficient (Wildman–Crippen LogP) is 2.73. The molecule has 0 amide bonds. The van der Waals surface area contributed by atoms with E-state index in [2.05, 4.69) is 21.3 Å². The Labute approximate surface area is 141 Å². The van der Waals surface area contributed by atoms with Crippen LogP contribution in [0.1, 0.15) is 24.2 Å². The number of hydrogen-bond donors (Lipinski definition) is 1. The van der Waals surface area contributed by atoms with Gasteiger partial charge in [0.1, 0.15) is 5.76 Å². The minimum absolute atomic E-state index is 0.245. The SMILES string of the molecule is S=C(NCc1ccco1)N(Cc1cccnc1)CC1CCCO1. The van der Waals surface area contributed by atoms with E-state index in [-0.39, 0.29) is 6.10 Å². The van der Waals surface area contributed by atoms with Gasteiger partial charge in [0.05, 0.1) is 18.9 Å². The Morgan fingerprint density at radius 3 is 3.04 bits per heavy atom. The second-order valence-electron chi connectivity index (χ2n) is 5.61. The van der Waals surface area contributed by atoms with Crippen LogP contribution in [0, 0.1) is 0 Å². The van der Waals surface area contributed by atoms with E-state index in [1.165, 1.54) is 0 Å². The van der Waals surface area contributed by atoms with Gasteiger partial charge in [0.25, 0.3) is 0 Å². The Morgan fingerprint density at radius 2 is 2.35 bits per heavy atom. The minimum atomic E-state index is 0.245. The van der Waals surface area contributed by atoms with Gasteiger partial charge in [-0.25, -0.2) is 0 Å². The monoisotopic (exact) mass is 331 g/mol. The smallest absolute Gasteiger partial charge is 0.169 e. The molecule has 2 aromatic rings. The zero-order valence-corrected chi connectivity index (χ0v) is 13.8. The molecule has 0 radical (unpaired) electrons. The van der Waals surface area contributed by atoms with E-state index in [0.29, 0.717) is 11.7 Å². The summed E-state index contributed by atoms with van der Waals surface area (Å²) in [6.07, 6.45) is 7.77. The molecule has 0 saturated carbocycles. The highest BCUT2D eigenvalue weighted by Gasteiger charge is 2.21. The van der Waals surface area contributed by atoms with Crippen LogP contribution in [0.3, 0.4) is 0 Å². The first kappa shape index (κ1) is 16.0. The largest absolute Gasteiger partial charge is 0.467 e. The number of aromatic nitrogens is 1. The summed E-state index contributed by atoms with van der Waals surface area (Å²) in [6.45, 7) is 2.94. The van der Waals surface area contributed by atoms with Crippen LogP contribution < -0.4 is 5.32 Å². The van der Waals surface area contributed by atoms with Crippen LogP contribution in [-0.2, 0) is 17.8 Å². The molecule has 0 aromatic carbocycles. The van der Waals surface area contributed by atoms with E-state index in [0.717, 1.165) is 43.9 Å². The second-order valence-corrected chi connectivity index (χ2v) is 6.00. The molecular formula is C17H21N3O2S. The van der Waals surface area contributed by atoms with Gasteiger partial charge in [0.2, 0.25) is 0 Å². The molecule has 3 rings (SSSR count). The van der Waals surface area contributed by atoms with Gasteiger partial charge in [-0.05, 0) is 48.8 Å². The van der Waals surface area contributed by atoms with Crippen LogP contribution in [0.2, 0.25) is 0 Å². The summed E-state index contributed by atoms with van der Waals surface area (Å²) in [5, 5.41) is 3.98. The van der Waals surface area contributed by atoms with Crippen LogP contribution in [0.5, 0.6) is 0 Å². The third-order valence-electron chi connectivity index (χ3n) is 3.83. The van der Waals surface area contributed by atoms with E-state index >= 15 is 0 Å². The number of ether oxygens (including phenoxy) is 1. The fourth-order valence-corrected chi connectivity index (χ4v) is 2.86. The fourth-order valence-electron chi connectivity index (χ4n) is 2.65. The summed E-state index contributed by atoms with van der Waals surface area (Å²) in [4.78, 5) is 6.32. The summed E-state index contributed by atoms with van der Waals surface area (Å²) in [5.41, 5.74) is 1.13. The minimum Gasteiger partial charge on any atom is -0.467 e. The van der Waals surface area contributed by atoms with E-state index < -0.39 is 0 Å². The van der Waals surface area contributed by atoms with Gasteiger partial charge >= 0.3 is 0 Å². The third kappa shape index (κ3) is 4.77. The van der Waals surface area contributed by atoms with Crippen molar-refractivity contribution >= 4 is 17.3 Å². The lowest BCUT2D eigenvalue weighted by Crippen LogP contribution is -2.42. The molecule has 23 heavy (non-hydrogen) atoms. The highest BCUT2D eigenvalue weighted by atomic mass is 32.1. The first-order valence-electron chi connectivity index (χ1n) is 7.87. The molecule has 0 bridgehead atoms. The molecule has 1 aliphatic rings. The van der Waals surface area contributed by atoms with Crippen molar-refractivity contribution in [2.75, 3.05) is 13.2 Å². The van der Waals surface area contributed by atoms with Crippen LogP contribution in [0.4, 0.5) is 0 Å². The van der Waals surface area contributed by atoms with Crippen molar-refractivity contribution in [3.8, 4) is 0 Å². The number of thiocarbonyl (C=S) groups is 1. The maximum Gasteiger partial charge on any atom is 0.169 e. The molecule has 1 fully saturated rings. The van der Waals surface area contributed by atoms with E-state index in [1.54, 1.807) is 12.5 Å². The maximum atomic E-state index is 5.76. The number of nitrogens with zero attached hydrogens (tertiary/aromatic N) is 2. The zero-order valence-electron chi connectivity index (χ0n) is 13.0. The van der Waals surface area contributed by atoms with Gasteiger partial charge in [0, 0.05) is 32.1 Å².